The number of nitrogens with one attached hydrogen (secondary N) is 1. The van der Waals surface area contributed by atoms with E-state index in [0.29, 0.717) is 16.8 Å². The molecule has 21 heavy (non-hydrogen) atoms. The minimum absolute atomic E-state index is 0.0924. The van der Waals surface area contributed by atoms with Crippen molar-refractivity contribution in [1.82, 2.24) is 0 Å². The lowest BCUT2D eigenvalue weighted by Gasteiger charge is -2.10. The van der Waals surface area contributed by atoms with Crippen LogP contribution in [0.15, 0.2) is 53.4 Å². The normalized spacial score (nSPS) is 11.1. The van der Waals surface area contributed by atoms with Crippen molar-refractivity contribution in [3.63, 3.8) is 0 Å². The van der Waals surface area contributed by atoms with Crippen molar-refractivity contribution >= 4 is 21.7 Å². The fourth-order valence-corrected chi connectivity index (χ4v) is 3.24. The molecule has 0 aliphatic rings. The molecule has 0 aliphatic carbocycles. The molecule has 0 aromatic heterocycles. The standard InChI is InChI=1S/C15H15NO4S/c1-11-4-2-3-5-14(11)21(19,20)16-13-8-6-12(7-9-13)10-15(17)18/h2-9,16H,10H2,1H3,(H,17,18). The van der Waals surface area contributed by atoms with E-state index < -0.39 is 16.0 Å². The number of anilines is 1. The average Bonchev–Trinajstić information content (AvgIpc) is 2.40. The first-order valence-corrected chi connectivity index (χ1v) is 7.76. The monoisotopic (exact) mass is 305 g/mol. The topological polar surface area (TPSA) is 83.5 Å². The number of aryl methyl sites for hydroxylation is 1. The molecule has 0 saturated carbocycles. The molecule has 0 spiro atoms. The van der Waals surface area contributed by atoms with E-state index in [2.05, 4.69) is 4.72 Å². The fraction of sp³-hybridized carbons (Fsp3) is 0.133. The molecule has 2 aromatic rings. The van der Waals surface area contributed by atoms with Gasteiger partial charge in [0.1, 0.15) is 0 Å². The van der Waals surface area contributed by atoms with Gasteiger partial charge < -0.3 is 5.11 Å². The third kappa shape index (κ3) is 3.82. The number of benzene rings is 2. The third-order valence-corrected chi connectivity index (χ3v) is 4.49. The van der Waals surface area contributed by atoms with Gasteiger partial charge in [-0.05, 0) is 36.2 Å². The number of carbonyl (C=O) groups is 1. The quantitative estimate of drug-likeness (QED) is 0.888. The number of carboxylic acid groups (broad SMARTS) is 1. The zero-order valence-electron chi connectivity index (χ0n) is 11.4. The molecule has 110 valence electrons. The number of hydrogen-bond donors (Lipinski definition) is 2. The van der Waals surface area contributed by atoms with Crippen LogP contribution in [0, 0.1) is 6.92 Å². The van der Waals surface area contributed by atoms with Crippen LogP contribution >= 0.6 is 0 Å². The Morgan fingerprint density at radius 3 is 2.29 bits per heavy atom. The SMILES string of the molecule is Cc1ccccc1S(=O)(=O)Nc1ccc(CC(=O)O)cc1. The van der Waals surface area contributed by atoms with Crippen LogP contribution in [0.5, 0.6) is 0 Å². The number of sulfonamides is 1. The van der Waals surface area contributed by atoms with Gasteiger partial charge in [-0.25, -0.2) is 8.42 Å². The second-order valence-corrected chi connectivity index (χ2v) is 6.29. The third-order valence-electron chi connectivity index (χ3n) is 2.94. The number of carboxylic acids is 1. The molecule has 0 aliphatic heterocycles. The molecule has 0 atom stereocenters. The van der Waals surface area contributed by atoms with Gasteiger partial charge in [0.2, 0.25) is 0 Å². The zero-order valence-corrected chi connectivity index (χ0v) is 12.2. The highest BCUT2D eigenvalue weighted by Gasteiger charge is 2.16. The predicted octanol–water partition coefficient (Wildman–Crippen LogP) is 2.42. The van der Waals surface area contributed by atoms with Crippen LogP contribution in [-0.4, -0.2) is 19.5 Å². The molecular weight excluding hydrogens is 290 g/mol. The highest BCUT2D eigenvalue weighted by atomic mass is 32.2. The van der Waals surface area contributed by atoms with Crippen LogP contribution in [0.25, 0.3) is 0 Å². The predicted molar refractivity (Wildman–Crippen MR) is 79.8 cm³/mol. The Morgan fingerprint density at radius 2 is 1.71 bits per heavy atom. The summed E-state index contributed by atoms with van der Waals surface area (Å²) in [6.45, 7) is 1.73. The van der Waals surface area contributed by atoms with Gasteiger partial charge in [0, 0.05) is 5.69 Å². The maximum Gasteiger partial charge on any atom is 0.307 e. The fourth-order valence-electron chi connectivity index (χ4n) is 1.93. The molecule has 6 heteroatoms. The Balaban J connectivity index is 2.21. The van der Waals surface area contributed by atoms with Gasteiger partial charge >= 0.3 is 5.97 Å². The van der Waals surface area contributed by atoms with Gasteiger partial charge in [0.05, 0.1) is 11.3 Å². The van der Waals surface area contributed by atoms with Crippen LogP contribution in [0.1, 0.15) is 11.1 Å². The summed E-state index contributed by atoms with van der Waals surface area (Å²) in [6, 6.07) is 13.0. The summed E-state index contributed by atoms with van der Waals surface area (Å²) in [7, 11) is -3.65. The van der Waals surface area contributed by atoms with Gasteiger partial charge in [-0.1, -0.05) is 30.3 Å². The van der Waals surface area contributed by atoms with Crippen LogP contribution in [0.2, 0.25) is 0 Å². The van der Waals surface area contributed by atoms with Crippen molar-refractivity contribution in [3.8, 4) is 0 Å². The van der Waals surface area contributed by atoms with Crippen molar-refractivity contribution in [3.05, 3.63) is 59.7 Å². The van der Waals surface area contributed by atoms with Crippen LogP contribution < -0.4 is 4.72 Å². The van der Waals surface area contributed by atoms with Gasteiger partial charge in [-0.2, -0.15) is 0 Å². The maximum absolute atomic E-state index is 12.3. The summed E-state index contributed by atoms with van der Waals surface area (Å²) < 4.78 is 27.0. The first-order valence-electron chi connectivity index (χ1n) is 6.28. The molecule has 2 aromatic carbocycles. The molecule has 5 nitrogen and oxygen atoms in total. The molecule has 0 radical (unpaired) electrons. The van der Waals surface area contributed by atoms with Gasteiger partial charge in [0.25, 0.3) is 10.0 Å². The highest BCUT2D eigenvalue weighted by Crippen LogP contribution is 2.19. The Hall–Kier alpha value is -2.34. The van der Waals surface area contributed by atoms with Crippen molar-refractivity contribution in [2.45, 2.75) is 18.2 Å². The molecule has 0 unspecified atom stereocenters. The molecule has 0 saturated heterocycles. The molecule has 2 rings (SSSR count). The smallest absolute Gasteiger partial charge is 0.307 e. The lowest BCUT2D eigenvalue weighted by atomic mass is 10.1. The summed E-state index contributed by atoms with van der Waals surface area (Å²) in [4.78, 5) is 10.8. The lowest BCUT2D eigenvalue weighted by Crippen LogP contribution is -2.14. The summed E-state index contributed by atoms with van der Waals surface area (Å²) >= 11 is 0. The Bertz CT molecular complexity index is 751. The van der Waals surface area contributed by atoms with E-state index in [0.717, 1.165) is 0 Å². The van der Waals surface area contributed by atoms with Gasteiger partial charge in [-0.15, -0.1) is 0 Å². The molecule has 0 bridgehead atoms. The summed E-state index contributed by atoms with van der Waals surface area (Å²) in [6.07, 6.45) is -0.0924. The van der Waals surface area contributed by atoms with E-state index in [-0.39, 0.29) is 11.3 Å². The minimum Gasteiger partial charge on any atom is -0.481 e. The van der Waals surface area contributed by atoms with Crippen molar-refractivity contribution in [2.75, 3.05) is 4.72 Å². The second-order valence-electron chi connectivity index (χ2n) is 4.64. The second kappa shape index (κ2) is 5.97. The van der Waals surface area contributed by atoms with Crippen LogP contribution in [0.3, 0.4) is 0 Å². The minimum atomic E-state index is -3.65. The van der Waals surface area contributed by atoms with E-state index in [4.69, 9.17) is 5.11 Å². The van der Waals surface area contributed by atoms with Crippen molar-refractivity contribution in [1.29, 1.82) is 0 Å². The Kier molecular flexibility index (Phi) is 4.28. The number of hydrogen-bond acceptors (Lipinski definition) is 3. The van der Waals surface area contributed by atoms with E-state index in [1.807, 2.05) is 0 Å². The zero-order chi connectivity index (χ0) is 15.5. The first kappa shape index (κ1) is 15.1. The number of aliphatic carboxylic acids is 1. The van der Waals surface area contributed by atoms with E-state index in [1.54, 1.807) is 49.4 Å². The highest BCUT2D eigenvalue weighted by molar-refractivity contribution is 7.92. The summed E-state index contributed by atoms with van der Waals surface area (Å²) in [5.74, 6) is -0.928. The average molecular weight is 305 g/mol. The molecule has 0 heterocycles. The van der Waals surface area contributed by atoms with Crippen molar-refractivity contribution < 1.29 is 18.3 Å². The lowest BCUT2D eigenvalue weighted by molar-refractivity contribution is -0.136. The van der Waals surface area contributed by atoms with Crippen LogP contribution in [-0.2, 0) is 21.2 Å². The Labute approximate surface area is 123 Å². The van der Waals surface area contributed by atoms with E-state index in [1.165, 1.54) is 6.07 Å². The van der Waals surface area contributed by atoms with Crippen molar-refractivity contribution in [2.24, 2.45) is 0 Å². The molecule has 0 fully saturated rings. The summed E-state index contributed by atoms with van der Waals surface area (Å²) in [5.41, 5.74) is 1.67. The molecule has 2 N–H and O–H groups in total. The number of rotatable bonds is 5. The first-order chi connectivity index (χ1) is 9.88. The van der Waals surface area contributed by atoms with Crippen LogP contribution in [0.4, 0.5) is 5.69 Å². The van der Waals surface area contributed by atoms with E-state index in [9.17, 15) is 13.2 Å². The maximum atomic E-state index is 12.3. The van der Waals surface area contributed by atoms with Gasteiger partial charge in [0.15, 0.2) is 0 Å². The largest absolute Gasteiger partial charge is 0.481 e. The summed E-state index contributed by atoms with van der Waals surface area (Å²) in [5, 5.41) is 8.69. The molecule has 0 amide bonds. The molecular formula is C15H15NO4S. The van der Waals surface area contributed by atoms with Gasteiger partial charge in [-0.3, -0.25) is 9.52 Å². The van der Waals surface area contributed by atoms with E-state index >= 15 is 0 Å². The Morgan fingerprint density at radius 1 is 1.10 bits per heavy atom.